The molecule has 0 saturated carbocycles. The van der Waals surface area contributed by atoms with Crippen LogP contribution in [0.5, 0.6) is 0 Å². The number of carbonyl (C=O) groups is 6. The number of methoxy groups -OCH3 is 1. The van der Waals surface area contributed by atoms with Crippen LogP contribution in [-0.4, -0.2) is 141 Å². The van der Waals surface area contributed by atoms with Gasteiger partial charge in [0, 0.05) is 58.3 Å². The molecule has 2 fully saturated rings. The highest BCUT2D eigenvalue weighted by molar-refractivity contribution is 8.47. The summed E-state index contributed by atoms with van der Waals surface area (Å²) in [6.45, 7) is 25.7. The first-order chi connectivity index (χ1) is 30.1. The number of nitrogens with one attached hydrogen (secondary N) is 3. The molecule has 5 amide bonds. The molecule has 2 bridgehead atoms. The molecule has 19 heteroatoms. The Morgan fingerprint density at radius 1 is 0.954 bits per heavy atom. The summed E-state index contributed by atoms with van der Waals surface area (Å²) in [7, 11) is 1.49. The Balaban J connectivity index is 2.04. The van der Waals surface area contributed by atoms with Crippen molar-refractivity contribution in [1.82, 2.24) is 20.9 Å². The normalized spacial score (nSPS) is 24.7. The van der Waals surface area contributed by atoms with Crippen molar-refractivity contribution in [3.63, 3.8) is 0 Å². The Kier molecular flexibility index (Phi) is 20.1. The second-order valence-corrected chi connectivity index (χ2v) is 24.1. The molecule has 3 aliphatic rings. The predicted octanol–water partition coefficient (Wildman–Crippen LogP) is 4.59. The molecule has 10 unspecified atom stereocenters. The van der Waals surface area contributed by atoms with Crippen LogP contribution in [-0.2, 0) is 43.0 Å². The number of ether oxygens (including phenoxy) is 3. The quantitative estimate of drug-likeness (QED) is 0.0264. The first-order valence-corrected chi connectivity index (χ1v) is 24.7. The van der Waals surface area contributed by atoms with E-state index in [2.05, 4.69) is 41.6 Å². The number of aliphatic hydroxyl groups is 2. The maximum absolute atomic E-state index is 14.8. The average Bonchev–Trinajstić information content (AvgIpc) is 3.85. The first-order valence-electron chi connectivity index (χ1n) is 22.4. The molecule has 2 saturated heterocycles. The standard InChI is InChI=1S/C46H73N5O11S3/c1-13-22-64-40(63)65-45(10,38(58)50-24-30(3)53)27-42(7,37(57)49-23-29(2)52)25-43(8,26-44(9,47-11)16-15-32(54)48-19-18-41(4,5)6)39(59)61-21-20-51-35(55)33-31-14-17-46(62-31,28-60-12)34(33)36(51)56/h14,17,29-31,33-34,52-53H,13,15-16,18-28H2,1-10,12H3,(H,48,54)(H,49,57)(H,50,58). The van der Waals surface area contributed by atoms with E-state index in [0.717, 1.165) is 29.5 Å². The number of hydrogen-bond donors (Lipinski definition) is 5. The number of thioether (sulfide) groups is 2. The molecule has 10 atom stereocenters. The van der Waals surface area contributed by atoms with Gasteiger partial charge in [0.25, 0.3) is 0 Å². The van der Waals surface area contributed by atoms with Crippen molar-refractivity contribution < 1.29 is 53.2 Å². The molecule has 0 aliphatic carbocycles. The fourth-order valence-electron chi connectivity index (χ4n) is 9.13. The van der Waals surface area contributed by atoms with Crippen molar-refractivity contribution in [1.29, 1.82) is 0 Å². The number of rotatable bonds is 26. The molecular formula is C46H73N5O11S3. The molecule has 3 aliphatic heterocycles. The van der Waals surface area contributed by atoms with Crippen molar-refractivity contribution in [3.05, 3.63) is 23.6 Å². The van der Waals surface area contributed by atoms with Gasteiger partial charge in [0.2, 0.25) is 35.1 Å². The minimum Gasteiger partial charge on any atom is -0.463 e. The van der Waals surface area contributed by atoms with Gasteiger partial charge in [-0.25, -0.2) is 6.57 Å². The third-order valence-corrected chi connectivity index (χ3v) is 15.2. The van der Waals surface area contributed by atoms with Gasteiger partial charge in [0.1, 0.15) is 15.7 Å². The average molecular weight is 968 g/mol. The number of esters is 1. The zero-order chi connectivity index (χ0) is 49.2. The summed E-state index contributed by atoms with van der Waals surface area (Å²) in [5, 5.41) is 28.8. The minimum atomic E-state index is -1.66. The van der Waals surface area contributed by atoms with Crippen LogP contribution in [0, 0.1) is 34.7 Å². The van der Waals surface area contributed by atoms with Crippen LogP contribution in [0.1, 0.15) is 114 Å². The maximum atomic E-state index is 14.8. The molecule has 3 heterocycles. The number of nitrogens with zero attached hydrogens (tertiary/aromatic N) is 2. The van der Waals surface area contributed by atoms with E-state index in [4.69, 9.17) is 33.0 Å². The highest BCUT2D eigenvalue weighted by Crippen LogP contribution is 2.52. The Hall–Kier alpha value is -3.12. The highest BCUT2D eigenvalue weighted by Gasteiger charge is 2.67. The molecule has 0 aromatic heterocycles. The van der Waals surface area contributed by atoms with Gasteiger partial charge in [0.15, 0.2) is 0 Å². The van der Waals surface area contributed by atoms with Gasteiger partial charge >= 0.3 is 5.97 Å². The Bertz CT molecular complexity index is 1840. The number of thiocarbonyl (C=S) groups is 1. The van der Waals surface area contributed by atoms with Gasteiger partial charge in [-0.15, -0.1) is 11.8 Å². The smallest absolute Gasteiger partial charge is 0.312 e. The van der Waals surface area contributed by atoms with Crippen molar-refractivity contribution in [2.45, 2.75) is 148 Å². The van der Waals surface area contributed by atoms with Crippen LogP contribution in [0.2, 0.25) is 0 Å². The fourth-order valence-corrected chi connectivity index (χ4v) is 12.3. The lowest BCUT2D eigenvalue weighted by Crippen LogP contribution is -2.53. The molecule has 0 spiro atoms. The molecule has 65 heavy (non-hydrogen) atoms. The number of carbonyl (C=O) groups excluding carboxylic acids is 6. The highest BCUT2D eigenvalue weighted by atomic mass is 32.2. The van der Waals surface area contributed by atoms with Gasteiger partial charge in [-0.05, 0) is 64.5 Å². The Morgan fingerprint density at radius 2 is 1.58 bits per heavy atom. The Labute approximate surface area is 399 Å². The van der Waals surface area contributed by atoms with Crippen LogP contribution < -0.4 is 16.0 Å². The monoisotopic (exact) mass is 967 g/mol. The maximum Gasteiger partial charge on any atom is 0.312 e. The van der Waals surface area contributed by atoms with Crippen molar-refractivity contribution >= 4 is 74.8 Å². The SMILES string of the molecule is [C-]#[N+]C(C)(CCC(=O)NCCC(C)(C)C)CC(C)(CC(C)(CC(C)(SC(=S)SCCC)C(=O)NCC(C)O)C(=O)NCC(C)O)C(=O)OCCN1C(=O)C2C3C=CC(COC)(O3)C2C1=O. The number of amides is 5. The third-order valence-electron chi connectivity index (χ3n) is 12.2. The van der Waals surface area contributed by atoms with Crippen molar-refractivity contribution in [3.8, 4) is 0 Å². The van der Waals surface area contributed by atoms with Gasteiger partial charge in [-0.2, -0.15) is 0 Å². The van der Waals surface area contributed by atoms with Crippen LogP contribution in [0.4, 0.5) is 0 Å². The van der Waals surface area contributed by atoms with Gasteiger partial charge in [0.05, 0.1) is 53.5 Å². The largest absolute Gasteiger partial charge is 0.463 e. The van der Waals surface area contributed by atoms with Crippen LogP contribution in [0.15, 0.2) is 12.2 Å². The summed E-state index contributed by atoms with van der Waals surface area (Å²) in [5.41, 5.74) is -5.67. The topological polar surface area (TPSA) is 214 Å². The van der Waals surface area contributed by atoms with Crippen molar-refractivity contribution in [2.75, 3.05) is 52.3 Å². The van der Waals surface area contributed by atoms with Crippen LogP contribution >= 0.6 is 35.7 Å². The number of likely N-dealkylation sites (tertiary alicyclic amines) is 1. The third kappa shape index (κ3) is 14.9. The molecular weight excluding hydrogens is 895 g/mol. The summed E-state index contributed by atoms with van der Waals surface area (Å²) in [6.07, 6.45) is 2.06. The zero-order valence-electron chi connectivity index (χ0n) is 40.1. The van der Waals surface area contributed by atoms with Gasteiger partial charge < -0.3 is 45.2 Å². The van der Waals surface area contributed by atoms with Crippen molar-refractivity contribution in [2.24, 2.45) is 28.1 Å². The van der Waals surface area contributed by atoms with E-state index in [0.29, 0.717) is 15.8 Å². The van der Waals surface area contributed by atoms with Crippen LogP contribution in [0.3, 0.4) is 0 Å². The number of hydrogen-bond acceptors (Lipinski definition) is 14. The molecule has 0 aromatic rings. The number of aliphatic hydroxyl groups excluding tert-OH is 2. The van der Waals surface area contributed by atoms with E-state index in [9.17, 15) is 39.0 Å². The van der Waals surface area contributed by atoms with E-state index in [-0.39, 0.29) is 69.7 Å². The molecule has 0 radical (unpaired) electrons. The van der Waals surface area contributed by atoms with E-state index >= 15 is 0 Å². The second-order valence-electron chi connectivity index (χ2n) is 20.3. The van der Waals surface area contributed by atoms with E-state index in [1.54, 1.807) is 39.8 Å². The van der Waals surface area contributed by atoms with Crippen LogP contribution in [0.25, 0.3) is 4.85 Å². The zero-order valence-corrected chi connectivity index (χ0v) is 42.6. The molecule has 5 N–H and O–H groups in total. The van der Waals surface area contributed by atoms with Gasteiger partial charge in [-0.3, -0.25) is 33.7 Å². The predicted molar refractivity (Wildman–Crippen MR) is 255 cm³/mol. The summed E-state index contributed by atoms with van der Waals surface area (Å²) >= 11 is 8.21. The first kappa shape index (κ1) is 56.2. The molecule has 3 rings (SSSR count). The van der Waals surface area contributed by atoms with E-state index < -0.39 is 93.1 Å². The summed E-state index contributed by atoms with van der Waals surface area (Å²) in [5.74, 6) is -3.93. The number of fused-ring (bicyclic) bond motifs is 5. The molecule has 366 valence electrons. The van der Waals surface area contributed by atoms with E-state index in [1.165, 1.54) is 32.7 Å². The fraction of sp³-hybridized carbons (Fsp3) is 0.783. The lowest BCUT2D eigenvalue weighted by Gasteiger charge is -2.42. The summed E-state index contributed by atoms with van der Waals surface area (Å²) in [6, 6.07) is 0. The van der Waals surface area contributed by atoms with Gasteiger partial charge in [-0.1, -0.05) is 70.8 Å². The lowest BCUT2D eigenvalue weighted by molar-refractivity contribution is -0.162. The summed E-state index contributed by atoms with van der Waals surface area (Å²) in [4.78, 5) is 89.1. The Morgan fingerprint density at radius 3 is 2.15 bits per heavy atom. The lowest BCUT2D eigenvalue weighted by atomic mass is 9.64. The molecule has 0 aromatic carbocycles. The minimum absolute atomic E-state index is 0.00782. The summed E-state index contributed by atoms with van der Waals surface area (Å²) < 4.78 is 16.4. The number of imide groups is 1. The molecule has 16 nitrogen and oxygen atoms in total. The van der Waals surface area contributed by atoms with E-state index in [1.807, 2.05) is 6.92 Å². The second kappa shape index (κ2) is 23.3.